The van der Waals surface area contributed by atoms with Crippen LogP contribution in [0.3, 0.4) is 0 Å². The zero-order valence-electron chi connectivity index (χ0n) is 17.3. The van der Waals surface area contributed by atoms with Gasteiger partial charge in [0.1, 0.15) is 5.75 Å². The quantitative estimate of drug-likeness (QED) is 0.539. The van der Waals surface area contributed by atoms with E-state index in [4.69, 9.17) is 4.74 Å². The largest absolute Gasteiger partial charge is 0.496 e. The van der Waals surface area contributed by atoms with E-state index in [0.29, 0.717) is 24.4 Å². The zero-order valence-corrected chi connectivity index (χ0v) is 17.3. The molecular formula is C21H32N4O4. The summed E-state index contributed by atoms with van der Waals surface area (Å²) >= 11 is 0. The topological polar surface area (TPSA) is 99.8 Å². The van der Waals surface area contributed by atoms with Crippen LogP contribution in [0.2, 0.25) is 0 Å². The summed E-state index contributed by atoms with van der Waals surface area (Å²) in [6.45, 7) is 4.98. The highest BCUT2D eigenvalue weighted by Crippen LogP contribution is 2.16. The number of amides is 3. The molecule has 0 saturated carbocycles. The fourth-order valence-corrected chi connectivity index (χ4v) is 3.28. The highest BCUT2D eigenvalue weighted by atomic mass is 16.5. The fraction of sp³-hybridized carbons (Fsp3) is 0.571. The molecule has 0 atom stereocenters. The number of carbonyl (C=O) groups excluding carboxylic acids is 3. The second-order valence-corrected chi connectivity index (χ2v) is 7.17. The Bertz CT molecular complexity index is 687. The minimum Gasteiger partial charge on any atom is -0.496 e. The van der Waals surface area contributed by atoms with Crippen molar-refractivity contribution in [3.05, 3.63) is 29.8 Å². The summed E-state index contributed by atoms with van der Waals surface area (Å²) in [4.78, 5) is 38.3. The number of benzene rings is 1. The smallest absolute Gasteiger partial charge is 0.255 e. The summed E-state index contributed by atoms with van der Waals surface area (Å²) < 4.78 is 5.18. The maximum absolute atomic E-state index is 12.2. The molecule has 0 bridgehead atoms. The van der Waals surface area contributed by atoms with Crippen LogP contribution in [0.15, 0.2) is 24.3 Å². The number of nitrogens with one attached hydrogen (secondary N) is 3. The van der Waals surface area contributed by atoms with E-state index in [1.54, 1.807) is 24.3 Å². The lowest BCUT2D eigenvalue weighted by molar-refractivity contribution is -0.124. The Labute approximate surface area is 172 Å². The summed E-state index contributed by atoms with van der Waals surface area (Å²) in [5, 5.41) is 8.66. The molecule has 1 aliphatic heterocycles. The average Bonchev–Trinajstić information content (AvgIpc) is 2.73. The van der Waals surface area contributed by atoms with Crippen molar-refractivity contribution >= 4 is 17.7 Å². The molecule has 8 heteroatoms. The number of ether oxygens (including phenoxy) is 1. The van der Waals surface area contributed by atoms with E-state index in [1.807, 2.05) is 6.92 Å². The van der Waals surface area contributed by atoms with Crippen molar-refractivity contribution in [1.82, 2.24) is 20.9 Å². The molecule has 1 aliphatic rings. The van der Waals surface area contributed by atoms with Crippen molar-refractivity contribution in [2.75, 3.05) is 39.8 Å². The molecule has 1 fully saturated rings. The van der Waals surface area contributed by atoms with Gasteiger partial charge in [0, 0.05) is 38.6 Å². The number of para-hydroxylation sites is 1. The number of piperidine rings is 1. The van der Waals surface area contributed by atoms with Crippen molar-refractivity contribution in [2.45, 2.75) is 38.6 Å². The summed E-state index contributed by atoms with van der Waals surface area (Å²) in [6, 6.07) is 7.09. The molecule has 3 amide bonds. The first-order valence-corrected chi connectivity index (χ1v) is 10.2. The molecular weight excluding hydrogens is 372 g/mol. The highest BCUT2D eigenvalue weighted by molar-refractivity contribution is 5.97. The first-order chi connectivity index (χ1) is 14.0. The van der Waals surface area contributed by atoms with Crippen LogP contribution in [0, 0.1) is 0 Å². The first kappa shape index (κ1) is 22.7. The fourth-order valence-electron chi connectivity index (χ4n) is 3.28. The van der Waals surface area contributed by atoms with Gasteiger partial charge in [0.2, 0.25) is 11.8 Å². The Hall–Kier alpha value is -2.61. The molecule has 1 heterocycles. The minimum absolute atomic E-state index is 0.0557. The molecule has 29 heavy (non-hydrogen) atoms. The Morgan fingerprint density at radius 1 is 1.07 bits per heavy atom. The predicted octanol–water partition coefficient (Wildman–Crippen LogP) is 0.922. The van der Waals surface area contributed by atoms with Crippen LogP contribution in [0.1, 0.15) is 43.0 Å². The Kier molecular flexibility index (Phi) is 9.43. The lowest BCUT2D eigenvalue weighted by Gasteiger charge is -2.31. The van der Waals surface area contributed by atoms with E-state index >= 15 is 0 Å². The third kappa shape index (κ3) is 7.73. The molecule has 160 valence electrons. The SMILES string of the molecule is CCCNC(=O)CN1CCC(NC(=O)CCNC(=O)c2ccccc2OC)CC1. The van der Waals surface area contributed by atoms with Crippen LogP contribution in [0.5, 0.6) is 5.75 Å². The molecule has 3 N–H and O–H groups in total. The minimum atomic E-state index is -0.259. The summed E-state index contributed by atoms with van der Waals surface area (Å²) in [5.74, 6) is 0.221. The third-order valence-electron chi connectivity index (χ3n) is 4.88. The van der Waals surface area contributed by atoms with Gasteiger partial charge in [-0.05, 0) is 31.4 Å². The molecule has 1 aromatic carbocycles. The highest BCUT2D eigenvalue weighted by Gasteiger charge is 2.22. The number of carbonyl (C=O) groups is 3. The van der Waals surface area contributed by atoms with Gasteiger partial charge in [-0.2, -0.15) is 0 Å². The lowest BCUT2D eigenvalue weighted by atomic mass is 10.0. The van der Waals surface area contributed by atoms with Crippen molar-refractivity contribution in [3.8, 4) is 5.75 Å². The maximum Gasteiger partial charge on any atom is 0.255 e. The molecule has 0 aromatic heterocycles. The Morgan fingerprint density at radius 2 is 1.79 bits per heavy atom. The van der Waals surface area contributed by atoms with Crippen molar-refractivity contribution in [2.24, 2.45) is 0 Å². The number of methoxy groups -OCH3 is 1. The Balaban J connectivity index is 1.64. The van der Waals surface area contributed by atoms with Gasteiger partial charge in [-0.3, -0.25) is 19.3 Å². The summed E-state index contributed by atoms with van der Waals surface area (Å²) in [5.41, 5.74) is 0.450. The Morgan fingerprint density at radius 3 is 2.48 bits per heavy atom. The van der Waals surface area contributed by atoms with Crippen LogP contribution in [0.4, 0.5) is 0 Å². The van der Waals surface area contributed by atoms with Gasteiger partial charge >= 0.3 is 0 Å². The van der Waals surface area contributed by atoms with E-state index in [-0.39, 0.29) is 36.7 Å². The molecule has 8 nitrogen and oxygen atoms in total. The van der Waals surface area contributed by atoms with E-state index in [2.05, 4.69) is 20.9 Å². The number of rotatable bonds is 10. The lowest BCUT2D eigenvalue weighted by Crippen LogP contribution is -2.47. The van der Waals surface area contributed by atoms with Gasteiger partial charge in [0.15, 0.2) is 0 Å². The number of hydrogen-bond acceptors (Lipinski definition) is 5. The van der Waals surface area contributed by atoms with Gasteiger partial charge < -0.3 is 20.7 Å². The number of likely N-dealkylation sites (tertiary alicyclic amines) is 1. The number of hydrogen-bond donors (Lipinski definition) is 3. The summed E-state index contributed by atoms with van der Waals surface area (Å²) in [6.07, 6.45) is 2.79. The van der Waals surface area contributed by atoms with E-state index in [9.17, 15) is 14.4 Å². The summed E-state index contributed by atoms with van der Waals surface area (Å²) in [7, 11) is 1.52. The molecule has 0 unspecified atom stereocenters. The van der Waals surface area contributed by atoms with E-state index in [0.717, 1.165) is 32.4 Å². The van der Waals surface area contributed by atoms with Crippen molar-refractivity contribution in [3.63, 3.8) is 0 Å². The van der Waals surface area contributed by atoms with E-state index in [1.165, 1.54) is 7.11 Å². The van der Waals surface area contributed by atoms with Gasteiger partial charge in [0.25, 0.3) is 5.91 Å². The van der Waals surface area contributed by atoms with Gasteiger partial charge in [-0.25, -0.2) is 0 Å². The number of nitrogens with zero attached hydrogens (tertiary/aromatic N) is 1. The molecule has 0 spiro atoms. The molecule has 1 aromatic rings. The molecule has 0 radical (unpaired) electrons. The molecule has 2 rings (SSSR count). The van der Waals surface area contributed by atoms with Crippen LogP contribution in [-0.2, 0) is 9.59 Å². The van der Waals surface area contributed by atoms with Crippen LogP contribution >= 0.6 is 0 Å². The average molecular weight is 405 g/mol. The van der Waals surface area contributed by atoms with E-state index < -0.39 is 0 Å². The maximum atomic E-state index is 12.2. The first-order valence-electron chi connectivity index (χ1n) is 10.2. The van der Waals surface area contributed by atoms with Crippen LogP contribution in [-0.4, -0.2) is 68.5 Å². The zero-order chi connectivity index (χ0) is 21.1. The standard InChI is InChI=1S/C21H32N4O4/c1-3-11-22-20(27)15-25-13-9-16(10-14-25)24-19(26)8-12-23-21(28)17-6-4-5-7-18(17)29-2/h4-7,16H,3,8-15H2,1-2H3,(H,22,27)(H,23,28)(H,24,26). The predicted molar refractivity (Wildman–Crippen MR) is 111 cm³/mol. The van der Waals surface area contributed by atoms with Gasteiger partial charge in [-0.1, -0.05) is 19.1 Å². The molecule has 1 saturated heterocycles. The second kappa shape index (κ2) is 12.1. The van der Waals surface area contributed by atoms with Crippen LogP contribution < -0.4 is 20.7 Å². The van der Waals surface area contributed by atoms with Gasteiger partial charge in [0.05, 0.1) is 19.2 Å². The van der Waals surface area contributed by atoms with Crippen LogP contribution in [0.25, 0.3) is 0 Å². The normalized spacial score (nSPS) is 14.8. The van der Waals surface area contributed by atoms with Gasteiger partial charge in [-0.15, -0.1) is 0 Å². The van der Waals surface area contributed by atoms with Crippen molar-refractivity contribution < 1.29 is 19.1 Å². The third-order valence-corrected chi connectivity index (χ3v) is 4.88. The monoisotopic (exact) mass is 404 g/mol. The molecule has 0 aliphatic carbocycles. The van der Waals surface area contributed by atoms with Crippen molar-refractivity contribution in [1.29, 1.82) is 0 Å². The second-order valence-electron chi connectivity index (χ2n) is 7.17.